The third-order valence-corrected chi connectivity index (χ3v) is 6.04. The molecule has 5 nitrogen and oxygen atoms in total. The molecule has 2 fully saturated rings. The Morgan fingerprint density at radius 3 is 2.25 bits per heavy atom. The molecule has 28 heavy (non-hydrogen) atoms. The molecule has 0 spiro atoms. The Hall–Kier alpha value is -1.98. The van der Waals surface area contributed by atoms with Crippen molar-refractivity contribution in [1.29, 1.82) is 0 Å². The minimum absolute atomic E-state index is 0.225. The second kappa shape index (κ2) is 9.01. The van der Waals surface area contributed by atoms with Crippen LogP contribution in [0.1, 0.15) is 51.0 Å². The summed E-state index contributed by atoms with van der Waals surface area (Å²) in [6.07, 6.45) is 11.9. The molecular weight excluding hydrogens is 350 g/mol. The third kappa shape index (κ3) is 4.89. The van der Waals surface area contributed by atoms with Crippen molar-refractivity contribution >= 4 is 0 Å². The van der Waals surface area contributed by atoms with E-state index < -0.39 is 0 Å². The van der Waals surface area contributed by atoms with Crippen LogP contribution < -0.4 is 4.74 Å². The highest BCUT2D eigenvalue weighted by Crippen LogP contribution is 2.27. The van der Waals surface area contributed by atoms with E-state index in [0.717, 1.165) is 48.7 Å². The van der Waals surface area contributed by atoms with Gasteiger partial charge in [-0.25, -0.2) is 9.97 Å². The van der Waals surface area contributed by atoms with Gasteiger partial charge in [-0.3, -0.25) is 0 Å². The Morgan fingerprint density at radius 2 is 1.64 bits per heavy atom. The van der Waals surface area contributed by atoms with Gasteiger partial charge < -0.3 is 14.7 Å². The van der Waals surface area contributed by atoms with E-state index in [0.29, 0.717) is 12.4 Å². The average molecular weight is 382 g/mol. The number of nitrogens with zero attached hydrogens (tertiary/aromatic N) is 3. The standard InChI is InChI=1S/C23H31N3O2/c1-17(27)14-18-6-8-19(9-7-18)20-15-24-23(25-16-20)28-22-10-12-26(13-11-22)21-4-2-3-5-21/h6-9,15-17,21-22,27H,2-5,10-14H2,1H3. The van der Waals surface area contributed by atoms with Crippen LogP contribution in [0.5, 0.6) is 6.01 Å². The number of hydrogen-bond acceptors (Lipinski definition) is 5. The molecule has 1 aromatic carbocycles. The topological polar surface area (TPSA) is 58.5 Å². The quantitative estimate of drug-likeness (QED) is 0.824. The molecule has 1 atom stereocenters. The van der Waals surface area contributed by atoms with Crippen LogP contribution in [0.3, 0.4) is 0 Å². The smallest absolute Gasteiger partial charge is 0.316 e. The number of hydrogen-bond donors (Lipinski definition) is 1. The van der Waals surface area contributed by atoms with Crippen molar-refractivity contribution in [2.75, 3.05) is 13.1 Å². The summed E-state index contributed by atoms with van der Waals surface area (Å²) in [5.41, 5.74) is 3.18. The number of likely N-dealkylation sites (tertiary alicyclic amines) is 1. The number of ether oxygens (including phenoxy) is 1. The molecule has 1 saturated carbocycles. The fraction of sp³-hybridized carbons (Fsp3) is 0.565. The fourth-order valence-corrected chi connectivity index (χ4v) is 4.48. The van der Waals surface area contributed by atoms with E-state index >= 15 is 0 Å². The minimum atomic E-state index is -0.323. The van der Waals surface area contributed by atoms with Crippen molar-refractivity contribution in [3.05, 3.63) is 42.2 Å². The van der Waals surface area contributed by atoms with Gasteiger partial charge in [0.15, 0.2) is 0 Å². The molecule has 1 aliphatic heterocycles. The summed E-state index contributed by atoms with van der Waals surface area (Å²) >= 11 is 0. The van der Waals surface area contributed by atoms with Crippen molar-refractivity contribution in [2.45, 2.75) is 70.1 Å². The van der Waals surface area contributed by atoms with Crippen LogP contribution in [0.25, 0.3) is 11.1 Å². The van der Waals surface area contributed by atoms with E-state index in [1.807, 2.05) is 24.5 Å². The lowest BCUT2D eigenvalue weighted by molar-refractivity contribution is 0.0710. The first-order chi connectivity index (χ1) is 13.7. The first kappa shape index (κ1) is 19.3. The van der Waals surface area contributed by atoms with Crippen LogP contribution in [0.15, 0.2) is 36.7 Å². The fourth-order valence-electron chi connectivity index (χ4n) is 4.48. The maximum Gasteiger partial charge on any atom is 0.316 e. The summed E-state index contributed by atoms with van der Waals surface area (Å²) in [7, 11) is 0. The van der Waals surface area contributed by atoms with Crippen molar-refractivity contribution < 1.29 is 9.84 Å². The lowest BCUT2D eigenvalue weighted by atomic mass is 10.0. The zero-order valence-corrected chi connectivity index (χ0v) is 16.8. The van der Waals surface area contributed by atoms with Gasteiger partial charge in [-0.2, -0.15) is 0 Å². The lowest BCUT2D eigenvalue weighted by Gasteiger charge is -2.35. The Morgan fingerprint density at radius 1 is 1.00 bits per heavy atom. The van der Waals surface area contributed by atoms with Gasteiger partial charge in [0.1, 0.15) is 6.10 Å². The van der Waals surface area contributed by atoms with Crippen LogP contribution in [0.2, 0.25) is 0 Å². The predicted octanol–water partition coefficient (Wildman–Crippen LogP) is 3.85. The van der Waals surface area contributed by atoms with Gasteiger partial charge in [-0.1, -0.05) is 37.1 Å². The zero-order valence-electron chi connectivity index (χ0n) is 16.8. The monoisotopic (exact) mass is 381 g/mol. The Bertz CT molecular complexity index is 731. The first-order valence-electron chi connectivity index (χ1n) is 10.7. The van der Waals surface area contributed by atoms with Crippen LogP contribution in [0, 0.1) is 0 Å². The molecular formula is C23H31N3O2. The van der Waals surface area contributed by atoms with Gasteiger partial charge in [0.05, 0.1) is 6.10 Å². The number of aliphatic hydroxyl groups excluding tert-OH is 1. The zero-order chi connectivity index (χ0) is 19.3. The Balaban J connectivity index is 1.30. The maximum atomic E-state index is 9.49. The van der Waals surface area contributed by atoms with E-state index in [1.54, 1.807) is 6.92 Å². The molecule has 1 aromatic heterocycles. The Labute approximate surface area is 167 Å². The second-order valence-electron chi connectivity index (χ2n) is 8.30. The molecule has 2 heterocycles. The number of rotatable bonds is 6. The lowest BCUT2D eigenvalue weighted by Crippen LogP contribution is -2.43. The van der Waals surface area contributed by atoms with E-state index in [1.165, 1.54) is 25.7 Å². The predicted molar refractivity (Wildman–Crippen MR) is 110 cm³/mol. The minimum Gasteiger partial charge on any atom is -0.460 e. The third-order valence-electron chi connectivity index (χ3n) is 6.04. The number of aromatic nitrogens is 2. The molecule has 2 aromatic rings. The maximum absolute atomic E-state index is 9.49. The van der Waals surface area contributed by atoms with Gasteiger partial charge in [-0.05, 0) is 50.2 Å². The highest BCUT2D eigenvalue weighted by Gasteiger charge is 2.28. The van der Waals surface area contributed by atoms with E-state index in [-0.39, 0.29) is 12.2 Å². The van der Waals surface area contributed by atoms with Crippen LogP contribution >= 0.6 is 0 Å². The van der Waals surface area contributed by atoms with Crippen LogP contribution in [-0.2, 0) is 6.42 Å². The SMILES string of the molecule is CC(O)Cc1ccc(-c2cnc(OC3CCN(C4CCCC4)CC3)nc2)cc1. The number of benzene rings is 1. The molecule has 0 bridgehead atoms. The summed E-state index contributed by atoms with van der Waals surface area (Å²) < 4.78 is 6.04. The molecule has 4 rings (SSSR count). The van der Waals surface area contributed by atoms with Gasteiger partial charge in [0, 0.05) is 37.1 Å². The molecule has 0 amide bonds. The molecule has 1 saturated heterocycles. The second-order valence-corrected chi connectivity index (χ2v) is 8.30. The highest BCUT2D eigenvalue weighted by atomic mass is 16.5. The molecule has 150 valence electrons. The van der Waals surface area contributed by atoms with Gasteiger partial charge in [0.25, 0.3) is 0 Å². The molecule has 2 aliphatic rings. The summed E-state index contributed by atoms with van der Waals surface area (Å²) in [5.74, 6) is 0. The van der Waals surface area contributed by atoms with Gasteiger partial charge in [0.2, 0.25) is 0 Å². The largest absolute Gasteiger partial charge is 0.460 e. The van der Waals surface area contributed by atoms with Crippen molar-refractivity contribution in [2.24, 2.45) is 0 Å². The number of piperidine rings is 1. The first-order valence-corrected chi connectivity index (χ1v) is 10.7. The molecule has 1 N–H and O–H groups in total. The van der Waals surface area contributed by atoms with Gasteiger partial charge in [-0.15, -0.1) is 0 Å². The molecule has 5 heteroatoms. The molecule has 1 unspecified atom stereocenters. The Kier molecular flexibility index (Phi) is 6.23. The van der Waals surface area contributed by atoms with Crippen molar-refractivity contribution in [3.8, 4) is 17.1 Å². The number of aliphatic hydroxyl groups is 1. The molecule has 1 aliphatic carbocycles. The summed E-state index contributed by atoms with van der Waals surface area (Å²) in [6, 6.07) is 9.48. The van der Waals surface area contributed by atoms with Crippen LogP contribution in [-0.4, -0.2) is 51.3 Å². The summed E-state index contributed by atoms with van der Waals surface area (Å²) in [4.78, 5) is 11.5. The highest BCUT2D eigenvalue weighted by molar-refractivity contribution is 5.61. The summed E-state index contributed by atoms with van der Waals surface area (Å²) in [5, 5.41) is 9.49. The van der Waals surface area contributed by atoms with E-state index in [9.17, 15) is 5.11 Å². The normalized spacial score (nSPS) is 20.4. The van der Waals surface area contributed by atoms with Crippen molar-refractivity contribution in [3.63, 3.8) is 0 Å². The van der Waals surface area contributed by atoms with E-state index in [2.05, 4.69) is 27.0 Å². The summed E-state index contributed by atoms with van der Waals surface area (Å²) in [6.45, 7) is 4.07. The average Bonchev–Trinajstić information content (AvgIpc) is 3.24. The van der Waals surface area contributed by atoms with Crippen molar-refractivity contribution in [1.82, 2.24) is 14.9 Å². The molecule has 0 radical (unpaired) electrons. The van der Waals surface area contributed by atoms with Gasteiger partial charge >= 0.3 is 6.01 Å². The van der Waals surface area contributed by atoms with Crippen LogP contribution in [0.4, 0.5) is 0 Å². The van der Waals surface area contributed by atoms with E-state index in [4.69, 9.17) is 4.74 Å².